The lowest BCUT2D eigenvalue weighted by Crippen LogP contribution is -2.37. The van der Waals surface area contributed by atoms with Crippen LogP contribution in [0.15, 0.2) is 34.9 Å². The predicted octanol–water partition coefficient (Wildman–Crippen LogP) is 2.69. The molecular formula is C22H29N3O5. The monoisotopic (exact) mass is 415 g/mol. The number of methoxy groups -OCH3 is 2. The van der Waals surface area contributed by atoms with Crippen molar-refractivity contribution in [2.75, 3.05) is 39.7 Å². The molecule has 2 N–H and O–H groups in total. The van der Waals surface area contributed by atoms with Gasteiger partial charge in [-0.15, -0.1) is 0 Å². The molecular weight excluding hydrogens is 386 g/mol. The number of hydrogen-bond acceptors (Lipinski definition) is 6. The number of aryl methyl sites for hydroxylation is 1. The number of carbonyl (C=O) groups is 2. The standard InChI is InChI=1S/C22H29N3O5/c1-25-11-5-9-18(25)22(27)24-17-13-15(14-19(28-2)20(17)29-3)21(26)23-10-4-7-16-8-6-12-30-16/h6,8,12-14,18H,4-5,7,9-11H2,1-3H3,(H,23,26)(H,24,27)/t18-/m0/s1. The second-order valence-electron chi connectivity index (χ2n) is 7.33. The molecule has 0 saturated carbocycles. The minimum absolute atomic E-state index is 0.119. The SMILES string of the molecule is COc1cc(C(=O)NCCCc2ccco2)cc(NC(=O)[C@@H]2CCCN2C)c1OC. The van der Waals surface area contributed by atoms with Gasteiger partial charge in [0.05, 0.1) is 32.2 Å². The summed E-state index contributed by atoms with van der Waals surface area (Å²) < 4.78 is 16.1. The number of hydrogen-bond donors (Lipinski definition) is 2. The molecule has 2 aromatic rings. The third-order valence-electron chi connectivity index (χ3n) is 5.29. The first kappa shape index (κ1) is 21.7. The van der Waals surface area contributed by atoms with E-state index in [9.17, 15) is 9.59 Å². The van der Waals surface area contributed by atoms with Crippen LogP contribution in [0.3, 0.4) is 0 Å². The number of furan rings is 1. The maximum Gasteiger partial charge on any atom is 0.251 e. The van der Waals surface area contributed by atoms with Crippen LogP contribution in [0.5, 0.6) is 11.5 Å². The minimum atomic E-state index is -0.246. The first-order chi connectivity index (χ1) is 14.5. The third-order valence-corrected chi connectivity index (χ3v) is 5.29. The van der Waals surface area contributed by atoms with Crippen molar-refractivity contribution in [3.8, 4) is 11.5 Å². The van der Waals surface area contributed by atoms with E-state index in [0.717, 1.165) is 38.0 Å². The highest BCUT2D eigenvalue weighted by atomic mass is 16.5. The normalized spacial score (nSPS) is 16.3. The molecule has 1 atom stereocenters. The number of benzene rings is 1. The summed E-state index contributed by atoms with van der Waals surface area (Å²) in [6, 6.07) is 6.79. The van der Waals surface area contributed by atoms with Crippen molar-refractivity contribution in [2.45, 2.75) is 31.7 Å². The quantitative estimate of drug-likeness (QED) is 0.612. The molecule has 1 saturated heterocycles. The number of likely N-dealkylation sites (N-methyl/N-ethyl adjacent to an activating group) is 1. The van der Waals surface area contributed by atoms with Crippen LogP contribution in [-0.2, 0) is 11.2 Å². The van der Waals surface area contributed by atoms with Gasteiger partial charge in [0.25, 0.3) is 5.91 Å². The summed E-state index contributed by atoms with van der Waals surface area (Å²) in [4.78, 5) is 27.4. The number of ether oxygens (including phenoxy) is 2. The Morgan fingerprint density at radius 1 is 1.27 bits per heavy atom. The molecule has 1 aliphatic heterocycles. The third kappa shape index (κ3) is 5.13. The molecule has 1 aromatic carbocycles. The van der Waals surface area contributed by atoms with Crippen molar-refractivity contribution < 1.29 is 23.5 Å². The van der Waals surface area contributed by atoms with Gasteiger partial charge in [-0.2, -0.15) is 0 Å². The van der Waals surface area contributed by atoms with Gasteiger partial charge in [0, 0.05) is 18.5 Å². The molecule has 3 rings (SSSR count). The summed E-state index contributed by atoms with van der Waals surface area (Å²) in [5.74, 6) is 1.30. The fourth-order valence-electron chi connectivity index (χ4n) is 3.67. The summed E-state index contributed by atoms with van der Waals surface area (Å²) in [7, 11) is 4.94. The van der Waals surface area contributed by atoms with Gasteiger partial charge in [0.1, 0.15) is 5.76 Å². The number of likely N-dealkylation sites (tertiary alicyclic amines) is 1. The zero-order chi connectivity index (χ0) is 21.5. The predicted molar refractivity (Wildman–Crippen MR) is 113 cm³/mol. The number of nitrogens with one attached hydrogen (secondary N) is 2. The van der Waals surface area contributed by atoms with E-state index in [1.165, 1.54) is 14.2 Å². The highest BCUT2D eigenvalue weighted by Crippen LogP contribution is 2.37. The lowest BCUT2D eigenvalue weighted by Gasteiger charge is -2.21. The van der Waals surface area contributed by atoms with Gasteiger partial charge < -0.3 is 24.5 Å². The Balaban J connectivity index is 1.69. The number of nitrogens with zero attached hydrogens (tertiary/aromatic N) is 1. The van der Waals surface area contributed by atoms with Crippen molar-refractivity contribution in [1.82, 2.24) is 10.2 Å². The van der Waals surface area contributed by atoms with Gasteiger partial charge in [-0.1, -0.05) is 0 Å². The van der Waals surface area contributed by atoms with Crippen LogP contribution in [0, 0.1) is 0 Å². The zero-order valence-corrected chi connectivity index (χ0v) is 17.7. The average Bonchev–Trinajstić information content (AvgIpc) is 3.41. The van der Waals surface area contributed by atoms with Crippen LogP contribution in [0.1, 0.15) is 35.4 Å². The number of rotatable bonds is 9. The molecule has 8 heteroatoms. The van der Waals surface area contributed by atoms with E-state index >= 15 is 0 Å². The van der Waals surface area contributed by atoms with Crippen LogP contribution >= 0.6 is 0 Å². The Labute approximate surface area is 176 Å². The molecule has 162 valence electrons. The Morgan fingerprint density at radius 3 is 2.73 bits per heavy atom. The molecule has 2 heterocycles. The Kier molecular flexibility index (Phi) is 7.35. The van der Waals surface area contributed by atoms with E-state index in [2.05, 4.69) is 10.6 Å². The number of carbonyl (C=O) groups excluding carboxylic acids is 2. The smallest absolute Gasteiger partial charge is 0.251 e. The molecule has 1 aromatic heterocycles. The van der Waals surface area contributed by atoms with Crippen molar-refractivity contribution in [3.63, 3.8) is 0 Å². The molecule has 0 aliphatic carbocycles. The van der Waals surface area contributed by atoms with E-state index in [0.29, 0.717) is 29.3 Å². The van der Waals surface area contributed by atoms with Gasteiger partial charge in [0.2, 0.25) is 5.91 Å². The molecule has 0 radical (unpaired) electrons. The molecule has 1 fully saturated rings. The van der Waals surface area contributed by atoms with E-state index in [-0.39, 0.29) is 17.9 Å². The van der Waals surface area contributed by atoms with Gasteiger partial charge >= 0.3 is 0 Å². The zero-order valence-electron chi connectivity index (χ0n) is 17.7. The Morgan fingerprint density at radius 2 is 2.10 bits per heavy atom. The Bertz CT molecular complexity index is 866. The van der Waals surface area contributed by atoms with Crippen LogP contribution in [0.2, 0.25) is 0 Å². The molecule has 0 unspecified atom stereocenters. The van der Waals surface area contributed by atoms with Crippen molar-refractivity contribution in [1.29, 1.82) is 0 Å². The maximum absolute atomic E-state index is 12.7. The topological polar surface area (TPSA) is 93.0 Å². The summed E-state index contributed by atoms with van der Waals surface area (Å²) in [5.41, 5.74) is 0.809. The number of anilines is 1. The van der Waals surface area contributed by atoms with Crippen molar-refractivity contribution in [2.24, 2.45) is 0 Å². The second-order valence-corrected chi connectivity index (χ2v) is 7.33. The van der Waals surface area contributed by atoms with Gasteiger partial charge in [-0.05, 0) is 57.1 Å². The maximum atomic E-state index is 12.7. The van der Waals surface area contributed by atoms with Crippen LogP contribution in [0.25, 0.3) is 0 Å². The lowest BCUT2D eigenvalue weighted by atomic mass is 10.1. The van der Waals surface area contributed by atoms with Crippen LogP contribution < -0.4 is 20.1 Å². The Hall–Kier alpha value is -3.00. The fourth-order valence-corrected chi connectivity index (χ4v) is 3.67. The lowest BCUT2D eigenvalue weighted by molar-refractivity contribution is -0.119. The van der Waals surface area contributed by atoms with Gasteiger partial charge in [0.15, 0.2) is 11.5 Å². The first-order valence-corrected chi connectivity index (χ1v) is 10.1. The van der Waals surface area contributed by atoms with E-state index in [1.807, 2.05) is 24.1 Å². The largest absolute Gasteiger partial charge is 0.493 e. The van der Waals surface area contributed by atoms with Gasteiger partial charge in [-0.25, -0.2) is 0 Å². The van der Waals surface area contributed by atoms with E-state index in [4.69, 9.17) is 13.9 Å². The minimum Gasteiger partial charge on any atom is -0.493 e. The van der Waals surface area contributed by atoms with E-state index < -0.39 is 0 Å². The molecule has 1 aliphatic rings. The molecule has 30 heavy (non-hydrogen) atoms. The molecule has 0 spiro atoms. The average molecular weight is 415 g/mol. The van der Waals surface area contributed by atoms with Crippen LogP contribution in [-0.4, -0.2) is 57.1 Å². The first-order valence-electron chi connectivity index (χ1n) is 10.1. The highest BCUT2D eigenvalue weighted by molar-refractivity contribution is 6.00. The summed E-state index contributed by atoms with van der Waals surface area (Å²) >= 11 is 0. The fraction of sp³-hybridized carbons (Fsp3) is 0.455. The number of amides is 2. The molecule has 2 amide bonds. The second kappa shape index (κ2) is 10.2. The van der Waals surface area contributed by atoms with Crippen molar-refractivity contribution >= 4 is 17.5 Å². The summed E-state index contributed by atoms with van der Waals surface area (Å²) in [6.45, 7) is 1.39. The summed E-state index contributed by atoms with van der Waals surface area (Å²) in [6.07, 6.45) is 4.92. The van der Waals surface area contributed by atoms with Gasteiger partial charge in [-0.3, -0.25) is 14.5 Å². The van der Waals surface area contributed by atoms with Crippen LogP contribution in [0.4, 0.5) is 5.69 Å². The molecule has 0 bridgehead atoms. The molecule has 8 nitrogen and oxygen atoms in total. The highest BCUT2D eigenvalue weighted by Gasteiger charge is 2.29. The van der Waals surface area contributed by atoms with Crippen molar-refractivity contribution in [3.05, 3.63) is 41.9 Å². The summed E-state index contributed by atoms with van der Waals surface area (Å²) in [5, 5.41) is 5.81. The van der Waals surface area contributed by atoms with E-state index in [1.54, 1.807) is 18.4 Å².